The lowest BCUT2D eigenvalue weighted by atomic mass is 9.94. The lowest BCUT2D eigenvalue weighted by Crippen LogP contribution is -2.31. The summed E-state index contributed by atoms with van der Waals surface area (Å²) in [5.41, 5.74) is 0.963. The molecular weight excluding hydrogens is 310 g/mol. The molecular formula is C18H22ClN3O. The summed E-state index contributed by atoms with van der Waals surface area (Å²) in [6, 6.07) is 9.76. The second-order valence-electron chi connectivity index (χ2n) is 5.89. The maximum absolute atomic E-state index is 12.2. The smallest absolute Gasteiger partial charge is 0.263 e. The molecule has 2 rings (SSSR count). The Morgan fingerprint density at radius 2 is 2.09 bits per heavy atom. The Kier molecular flexibility index (Phi) is 6.49. The molecule has 1 amide bonds. The number of rotatable bonds is 5. The third kappa shape index (κ3) is 5.01. The first-order valence-electron chi connectivity index (χ1n) is 7.97. The van der Waals surface area contributed by atoms with Gasteiger partial charge in [-0.1, -0.05) is 49.1 Å². The number of benzene rings is 1. The van der Waals surface area contributed by atoms with Crippen LogP contribution in [-0.2, 0) is 11.3 Å². The summed E-state index contributed by atoms with van der Waals surface area (Å²) in [4.78, 5) is 14.2. The van der Waals surface area contributed by atoms with Gasteiger partial charge in [-0.05, 0) is 24.5 Å². The highest BCUT2D eigenvalue weighted by atomic mass is 35.5. The van der Waals surface area contributed by atoms with E-state index in [0.717, 1.165) is 18.4 Å². The van der Waals surface area contributed by atoms with E-state index in [1.54, 1.807) is 12.3 Å². The van der Waals surface area contributed by atoms with Crippen molar-refractivity contribution in [3.8, 4) is 6.07 Å². The highest BCUT2D eigenvalue weighted by Gasteiger charge is 2.18. The van der Waals surface area contributed by atoms with E-state index >= 15 is 0 Å². The monoisotopic (exact) mass is 331 g/mol. The second-order valence-corrected chi connectivity index (χ2v) is 6.29. The highest BCUT2D eigenvalue weighted by Crippen LogP contribution is 2.22. The largest absolute Gasteiger partial charge is 0.376 e. The standard InChI is InChI=1S/C18H22ClN3O/c1-22(16-8-3-2-4-9-16)13-15(11-20)18(23)21-12-14-7-5-6-10-17(14)19/h5-7,10,13,16H,2-4,8-9,12H2,1H3,(H,21,23)/b15-13-. The van der Waals surface area contributed by atoms with Gasteiger partial charge in [0.25, 0.3) is 5.91 Å². The van der Waals surface area contributed by atoms with E-state index in [1.807, 2.05) is 36.2 Å². The summed E-state index contributed by atoms with van der Waals surface area (Å²) in [5, 5.41) is 12.6. The van der Waals surface area contributed by atoms with Crippen LogP contribution in [0.2, 0.25) is 5.02 Å². The summed E-state index contributed by atoms with van der Waals surface area (Å²) in [6.07, 6.45) is 7.60. The van der Waals surface area contributed by atoms with Gasteiger partial charge in [-0.15, -0.1) is 0 Å². The van der Waals surface area contributed by atoms with Crippen molar-refractivity contribution in [1.29, 1.82) is 5.26 Å². The van der Waals surface area contributed by atoms with Gasteiger partial charge >= 0.3 is 0 Å². The van der Waals surface area contributed by atoms with Gasteiger partial charge in [-0.3, -0.25) is 4.79 Å². The summed E-state index contributed by atoms with van der Waals surface area (Å²) < 4.78 is 0. The molecule has 1 aliphatic rings. The lowest BCUT2D eigenvalue weighted by molar-refractivity contribution is -0.117. The van der Waals surface area contributed by atoms with Gasteiger partial charge in [0.05, 0.1) is 0 Å². The van der Waals surface area contributed by atoms with Gasteiger partial charge in [0, 0.05) is 30.9 Å². The summed E-state index contributed by atoms with van der Waals surface area (Å²) in [6.45, 7) is 0.310. The first-order valence-corrected chi connectivity index (χ1v) is 8.35. The van der Waals surface area contributed by atoms with Crippen LogP contribution in [0.15, 0.2) is 36.0 Å². The van der Waals surface area contributed by atoms with Crippen LogP contribution in [0.4, 0.5) is 0 Å². The van der Waals surface area contributed by atoms with Gasteiger partial charge < -0.3 is 10.2 Å². The average molecular weight is 332 g/mol. The number of hydrogen-bond acceptors (Lipinski definition) is 3. The number of nitriles is 1. The zero-order valence-electron chi connectivity index (χ0n) is 13.4. The molecule has 1 aromatic rings. The molecule has 4 nitrogen and oxygen atoms in total. The maximum atomic E-state index is 12.2. The van der Waals surface area contributed by atoms with Gasteiger partial charge in [0.2, 0.25) is 0 Å². The molecule has 0 saturated heterocycles. The van der Waals surface area contributed by atoms with Crippen LogP contribution >= 0.6 is 11.6 Å². The molecule has 122 valence electrons. The fraction of sp³-hybridized carbons (Fsp3) is 0.444. The fourth-order valence-corrected chi connectivity index (χ4v) is 3.05. The summed E-state index contributed by atoms with van der Waals surface area (Å²) in [5.74, 6) is -0.366. The van der Waals surface area contributed by atoms with Crippen molar-refractivity contribution in [2.75, 3.05) is 7.05 Å². The van der Waals surface area contributed by atoms with Gasteiger partial charge in [-0.25, -0.2) is 0 Å². The van der Waals surface area contributed by atoms with Crippen molar-refractivity contribution in [1.82, 2.24) is 10.2 Å². The second kappa shape index (κ2) is 8.59. The van der Waals surface area contributed by atoms with Crippen molar-refractivity contribution in [3.05, 3.63) is 46.6 Å². The van der Waals surface area contributed by atoms with Crippen molar-refractivity contribution in [2.45, 2.75) is 44.7 Å². The summed E-state index contributed by atoms with van der Waals surface area (Å²) in [7, 11) is 1.94. The van der Waals surface area contributed by atoms with Crippen molar-refractivity contribution >= 4 is 17.5 Å². The Bertz CT molecular complexity index is 615. The number of hydrogen-bond donors (Lipinski definition) is 1. The van der Waals surface area contributed by atoms with E-state index < -0.39 is 0 Å². The fourth-order valence-electron chi connectivity index (χ4n) is 2.85. The first kappa shape index (κ1) is 17.4. The Labute approximate surface area is 142 Å². The highest BCUT2D eigenvalue weighted by molar-refractivity contribution is 6.31. The molecule has 1 aromatic carbocycles. The number of amides is 1. The first-order chi connectivity index (χ1) is 11.1. The Morgan fingerprint density at radius 3 is 2.74 bits per heavy atom. The van der Waals surface area contributed by atoms with Crippen LogP contribution < -0.4 is 5.32 Å². The minimum Gasteiger partial charge on any atom is -0.376 e. The topological polar surface area (TPSA) is 56.1 Å². The third-order valence-corrected chi connectivity index (χ3v) is 4.61. The lowest BCUT2D eigenvalue weighted by Gasteiger charge is -2.30. The van der Waals surface area contributed by atoms with E-state index in [-0.39, 0.29) is 11.5 Å². The summed E-state index contributed by atoms with van der Waals surface area (Å²) >= 11 is 6.07. The Morgan fingerprint density at radius 1 is 1.39 bits per heavy atom. The number of carbonyl (C=O) groups excluding carboxylic acids is 1. The molecule has 23 heavy (non-hydrogen) atoms. The molecule has 5 heteroatoms. The molecule has 0 heterocycles. The number of carbonyl (C=O) groups is 1. The van der Waals surface area contributed by atoms with Gasteiger partial charge in [0.15, 0.2) is 0 Å². The molecule has 0 unspecified atom stereocenters. The van der Waals surface area contributed by atoms with Crippen LogP contribution in [0.1, 0.15) is 37.7 Å². The van der Waals surface area contributed by atoms with Crippen molar-refractivity contribution in [2.24, 2.45) is 0 Å². The van der Waals surface area contributed by atoms with E-state index in [2.05, 4.69) is 5.32 Å². The minimum atomic E-state index is -0.366. The molecule has 1 aliphatic carbocycles. The molecule has 0 radical (unpaired) electrons. The molecule has 1 N–H and O–H groups in total. The average Bonchev–Trinajstić information content (AvgIpc) is 2.59. The zero-order valence-corrected chi connectivity index (χ0v) is 14.1. The zero-order chi connectivity index (χ0) is 16.7. The predicted octanol–water partition coefficient (Wildman–Crippen LogP) is 3.63. The molecule has 0 aliphatic heterocycles. The van der Waals surface area contributed by atoms with Gasteiger partial charge in [-0.2, -0.15) is 5.26 Å². The molecule has 1 fully saturated rings. The van der Waals surface area contributed by atoms with Crippen LogP contribution in [0.25, 0.3) is 0 Å². The molecule has 0 spiro atoms. The third-order valence-electron chi connectivity index (χ3n) is 4.25. The molecule has 0 bridgehead atoms. The maximum Gasteiger partial charge on any atom is 0.263 e. The Hall–Kier alpha value is -1.99. The van der Waals surface area contributed by atoms with Crippen molar-refractivity contribution < 1.29 is 4.79 Å². The number of nitrogens with one attached hydrogen (secondary N) is 1. The van der Waals surface area contributed by atoms with Crippen LogP contribution in [0.5, 0.6) is 0 Å². The van der Waals surface area contributed by atoms with Gasteiger partial charge in [0.1, 0.15) is 11.6 Å². The van der Waals surface area contributed by atoms with Crippen LogP contribution in [-0.4, -0.2) is 23.9 Å². The Balaban J connectivity index is 1.96. The van der Waals surface area contributed by atoms with E-state index in [4.69, 9.17) is 11.6 Å². The van der Waals surface area contributed by atoms with Crippen LogP contribution in [0.3, 0.4) is 0 Å². The van der Waals surface area contributed by atoms with Crippen LogP contribution in [0, 0.1) is 11.3 Å². The predicted molar refractivity (Wildman–Crippen MR) is 91.6 cm³/mol. The number of nitrogens with zero attached hydrogens (tertiary/aromatic N) is 2. The minimum absolute atomic E-state index is 0.130. The quantitative estimate of drug-likeness (QED) is 0.662. The molecule has 0 aromatic heterocycles. The number of halogens is 1. The SMILES string of the molecule is CN(/C=C(/C#N)C(=O)NCc1ccccc1Cl)C1CCCCC1. The van der Waals surface area contributed by atoms with Crippen molar-refractivity contribution in [3.63, 3.8) is 0 Å². The normalized spacial score (nSPS) is 15.8. The van der Waals surface area contributed by atoms with E-state index in [0.29, 0.717) is 17.6 Å². The van der Waals surface area contributed by atoms with E-state index in [1.165, 1.54) is 19.3 Å². The molecule has 1 saturated carbocycles. The molecule has 0 atom stereocenters. The van der Waals surface area contributed by atoms with E-state index in [9.17, 15) is 10.1 Å².